The van der Waals surface area contributed by atoms with Gasteiger partial charge in [0.1, 0.15) is 23.7 Å². The van der Waals surface area contributed by atoms with E-state index in [1.807, 2.05) is 91.9 Å². The molecule has 0 aromatic heterocycles. The third-order valence-electron chi connectivity index (χ3n) is 10.7. The number of amides is 3. The lowest BCUT2D eigenvalue weighted by atomic mass is 9.74. The summed E-state index contributed by atoms with van der Waals surface area (Å²) in [6.07, 6.45) is 6.29. The molecule has 4 aliphatic rings. The molecule has 1 N–H and O–H groups in total. The van der Waals surface area contributed by atoms with Crippen LogP contribution in [0.1, 0.15) is 38.4 Å². The van der Waals surface area contributed by atoms with Crippen LogP contribution in [0.4, 0.5) is 5.69 Å². The number of hydrogen-bond acceptors (Lipinski definition) is 7. The number of carbonyl (C=O) groups excluding carboxylic acids is 4. The van der Waals surface area contributed by atoms with Gasteiger partial charge in [-0.2, -0.15) is 0 Å². The Bertz CT molecular complexity index is 1840. The second-order valence-electron chi connectivity index (χ2n) is 13.5. The van der Waals surface area contributed by atoms with Gasteiger partial charge in [0, 0.05) is 25.7 Å². The van der Waals surface area contributed by atoms with E-state index in [0.29, 0.717) is 17.7 Å². The van der Waals surface area contributed by atoms with Gasteiger partial charge in [-0.3, -0.25) is 19.2 Å². The van der Waals surface area contributed by atoms with Crippen LogP contribution in [0.5, 0.6) is 0 Å². The Kier molecular flexibility index (Phi) is 8.62. The average Bonchev–Trinajstić information content (AvgIpc) is 3.77. The van der Waals surface area contributed by atoms with Crippen LogP contribution < -0.4 is 4.90 Å². The highest BCUT2D eigenvalue weighted by molar-refractivity contribution is 6.06. The molecule has 7 rings (SSSR count). The number of carbonyl (C=O) groups is 4. The highest BCUT2D eigenvalue weighted by Crippen LogP contribution is 2.56. The van der Waals surface area contributed by atoms with Crippen molar-refractivity contribution in [1.29, 1.82) is 0 Å². The Morgan fingerprint density at radius 1 is 0.939 bits per heavy atom. The monoisotopic (exact) mass is 663 g/mol. The lowest BCUT2D eigenvalue weighted by molar-refractivity contribution is -0.164. The first-order valence-electron chi connectivity index (χ1n) is 16.9. The van der Waals surface area contributed by atoms with Crippen molar-refractivity contribution in [3.05, 3.63) is 103 Å². The molecule has 0 aliphatic carbocycles. The van der Waals surface area contributed by atoms with Crippen LogP contribution in [-0.2, 0) is 28.7 Å². The number of aliphatic hydroxyl groups excluding tert-OH is 1. The first-order valence-corrected chi connectivity index (χ1v) is 16.9. The number of aliphatic hydroxyl groups is 1. The van der Waals surface area contributed by atoms with Crippen LogP contribution in [-0.4, -0.2) is 88.6 Å². The highest BCUT2D eigenvalue weighted by atomic mass is 16.6. The van der Waals surface area contributed by atoms with Gasteiger partial charge in [0.25, 0.3) is 5.91 Å². The maximum absolute atomic E-state index is 15.0. The summed E-state index contributed by atoms with van der Waals surface area (Å²) in [7, 11) is 1.70. The van der Waals surface area contributed by atoms with Gasteiger partial charge in [-0.05, 0) is 48.7 Å². The Hall–Kier alpha value is -4.80. The SMILES string of the molecule is C[C@H](CO)N1C(=O)[C@@H]2[C@H]3C(=O)O[C@@H](c4ccccc4)[C@H](C)N(C)C(=O)CC/C=C\CN(c4ccc5ccccc5c4)C(=O)[C@@H]1[C@]21C=C[C@H]3O1. The molecule has 8 atom stereocenters. The molecular formula is C39H41N3O7. The molecule has 0 saturated carbocycles. The largest absolute Gasteiger partial charge is 0.455 e. The molecule has 254 valence electrons. The molecule has 5 bridgehead atoms. The van der Waals surface area contributed by atoms with Crippen LogP contribution in [0.15, 0.2) is 97.1 Å². The number of likely N-dealkylation sites (N-methyl/N-ethyl adjacent to an activating group) is 1. The fourth-order valence-electron chi connectivity index (χ4n) is 7.94. The number of benzene rings is 3. The Morgan fingerprint density at radius 2 is 1.67 bits per heavy atom. The van der Waals surface area contributed by atoms with Gasteiger partial charge in [0.15, 0.2) is 0 Å². The molecular weight excluding hydrogens is 622 g/mol. The van der Waals surface area contributed by atoms with Crippen molar-refractivity contribution in [3.8, 4) is 0 Å². The summed E-state index contributed by atoms with van der Waals surface area (Å²) in [5.41, 5.74) is -0.111. The molecule has 0 unspecified atom stereocenters. The van der Waals surface area contributed by atoms with Gasteiger partial charge in [0.05, 0.1) is 30.7 Å². The second-order valence-corrected chi connectivity index (χ2v) is 13.5. The number of likely N-dealkylation sites (tertiary alicyclic amines) is 1. The summed E-state index contributed by atoms with van der Waals surface area (Å²) >= 11 is 0. The first-order chi connectivity index (χ1) is 23.7. The van der Waals surface area contributed by atoms with E-state index < -0.39 is 65.6 Å². The molecule has 3 aromatic rings. The van der Waals surface area contributed by atoms with Gasteiger partial charge < -0.3 is 29.3 Å². The molecule has 4 heterocycles. The van der Waals surface area contributed by atoms with Gasteiger partial charge in [-0.25, -0.2) is 0 Å². The fourth-order valence-corrected chi connectivity index (χ4v) is 7.94. The van der Waals surface area contributed by atoms with Crippen molar-refractivity contribution in [2.45, 2.75) is 62.6 Å². The van der Waals surface area contributed by atoms with Gasteiger partial charge in [0.2, 0.25) is 11.8 Å². The smallest absolute Gasteiger partial charge is 0.313 e. The van der Waals surface area contributed by atoms with Crippen LogP contribution in [0.2, 0.25) is 0 Å². The molecule has 3 aromatic carbocycles. The number of anilines is 1. The van der Waals surface area contributed by atoms with Crippen molar-refractivity contribution in [2.75, 3.05) is 25.1 Å². The fraction of sp³-hybridized carbons (Fsp3) is 0.385. The first kappa shape index (κ1) is 32.7. The van der Waals surface area contributed by atoms with E-state index in [1.54, 1.807) is 35.9 Å². The summed E-state index contributed by atoms with van der Waals surface area (Å²) < 4.78 is 12.8. The third-order valence-corrected chi connectivity index (χ3v) is 10.7. The van der Waals surface area contributed by atoms with E-state index in [4.69, 9.17) is 9.47 Å². The number of rotatable bonds is 4. The van der Waals surface area contributed by atoms with E-state index in [2.05, 4.69) is 0 Å². The summed E-state index contributed by atoms with van der Waals surface area (Å²) in [5.74, 6) is -3.68. The average molecular weight is 664 g/mol. The molecule has 0 radical (unpaired) electrons. The van der Waals surface area contributed by atoms with E-state index in [-0.39, 0.29) is 25.5 Å². The quantitative estimate of drug-likeness (QED) is 0.329. The predicted octanol–water partition coefficient (Wildman–Crippen LogP) is 4.19. The second kappa shape index (κ2) is 12.9. The van der Waals surface area contributed by atoms with E-state index in [1.165, 1.54) is 4.90 Å². The van der Waals surface area contributed by atoms with Gasteiger partial charge in [-0.15, -0.1) is 0 Å². The molecule has 49 heavy (non-hydrogen) atoms. The molecule has 2 fully saturated rings. The van der Waals surface area contributed by atoms with Crippen molar-refractivity contribution >= 4 is 40.2 Å². The molecule has 3 amide bonds. The minimum atomic E-state index is -1.45. The lowest BCUT2D eigenvalue weighted by Crippen LogP contribution is -2.58. The summed E-state index contributed by atoms with van der Waals surface area (Å²) in [6.45, 7) is 3.31. The Balaban J connectivity index is 1.35. The van der Waals surface area contributed by atoms with Crippen molar-refractivity contribution in [1.82, 2.24) is 9.80 Å². The highest BCUT2D eigenvalue weighted by Gasteiger charge is 2.74. The van der Waals surface area contributed by atoms with Crippen LogP contribution >= 0.6 is 0 Å². The maximum Gasteiger partial charge on any atom is 0.313 e. The number of esters is 1. The molecule has 2 saturated heterocycles. The van der Waals surface area contributed by atoms with Crippen LogP contribution in [0.25, 0.3) is 10.8 Å². The summed E-state index contributed by atoms with van der Waals surface area (Å²) in [4.78, 5) is 61.9. The van der Waals surface area contributed by atoms with E-state index in [9.17, 15) is 19.5 Å². The summed E-state index contributed by atoms with van der Waals surface area (Å²) in [5, 5.41) is 12.3. The topological polar surface area (TPSA) is 117 Å². The van der Waals surface area contributed by atoms with E-state index >= 15 is 4.79 Å². The van der Waals surface area contributed by atoms with Crippen LogP contribution in [0.3, 0.4) is 0 Å². The molecule has 4 aliphatic heterocycles. The maximum atomic E-state index is 15.0. The lowest BCUT2D eigenvalue weighted by Gasteiger charge is -2.37. The molecule has 10 nitrogen and oxygen atoms in total. The normalized spacial score (nSPS) is 31.7. The number of cyclic esters (lactones) is 1. The zero-order valence-corrected chi connectivity index (χ0v) is 27.8. The zero-order chi connectivity index (χ0) is 34.4. The van der Waals surface area contributed by atoms with E-state index in [0.717, 1.165) is 10.8 Å². The standard InChI is InChI=1S/C39H41N3O7/c1-24(23-43)42-35-37(46)41(29-18-17-26-12-9-10-15-28(26)22-29)21-11-5-8-16-31(44)40(3)25(2)34(27-13-6-4-7-14-27)48-38(47)32-30-19-20-39(35,49-30)33(32)36(42)45/h4-7,9-15,17-20,22,24-25,30,32-35,43H,8,16,21,23H2,1-3H3/b11-5-/t24-,25+,30-,32+,33+,34-,35-,39+/m1/s1. The van der Waals surface area contributed by atoms with Crippen molar-refractivity contribution in [3.63, 3.8) is 0 Å². The van der Waals surface area contributed by atoms with Crippen molar-refractivity contribution < 1.29 is 33.8 Å². The minimum Gasteiger partial charge on any atom is -0.455 e. The predicted molar refractivity (Wildman–Crippen MR) is 183 cm³/mol. The molecule has 10 heteroatoms. The van der Waals surface area contributed by atoms with Crippen molar-refractivity contribution in [2.24, 2.45) is 11.8 Å². The zero-order valence-electron chi connectivity index (χ0n) is 27.8. The number of fused-ring (bicyclic) bond motifs is 3. The minimum absolute atomic E-state index is 0.117. The Labute approximate surface area is 285 Å². The Morgan fingerprint density at radius 3 is 2.43 bits per heavy atom. The number of allylic oxidation sites excluding steroid dienone is 1. The summed E-state index contributed by atoms with van der Waals surface area (Å²) in [6, 6.07) is 20.4. The van der Waals surface area contributed by atoms with Crippen LogP contribution in [0, 0.1) is 11.8 Å². The number of hydrogen-bond donors (Lipinski definition) is 1. The number of nitrogens with zero attached hydrogens (tertiary/aromatic N) is 3. The van der Waals surface area contributed by atoms with Gasteiger partial charge >= 0.3 is 5.97 Å². The third kappa shape index (κ3) is 5.43. The number of ether oxygens (including phenoxy) is 2. The van der Waals surface area contributed by atoms with Gasteiger partial charge in [-0.1, -0.05) is 85.0 Å². The molecule has 1 spiro atoms.